The summed E-state index contributed by atoms with van der Waals surface area (Å²) >= 11 is 0. The Morgan fingerprint density at radius 2 is 1.75 bits per heavy atom. The highest BCUT2D eigenvalue weighted by Crippen LogP contribution is 2.22. The standard InChI is InChI=1S/C20H32N2O2/c23-15-10-19-5-1-2-13-22(19)17-18-6-8-20(9-7-18)24-16-14-21-11-3-4-12-21/h6-9,19,23H,1-5,10-17H2. The van der Waals surface area contributed by atoms with E-state index in [1.807, 2.05) is 0 Å². The minimum Gasteiger partial charge on any atom is -0.492 e. The number of likely N-dealkylation sites (tertiary alicyclic amines) is 2. The second-order valence-corrected chi connectivity index (χ2v) is 7.17. The molecule has 2 saturated heterocycles. The highest BCUT2D eigenvalue weighted by atomic mass is 16.5. The molecule has 24 heavy (non-hydrogen) atoms. The Balaban J connectivity index is 1.44. The van der Waals surface area contributed by atoms with E-state index in [2.05, 4.69) is 34.1 Å². The zero-order valence-electron chi connectivity index (χ0n) is 14.8. The van der Waals surface area contributed by atoms with Gasteiger partial charge in [0.1, 0.15) is 12.4 Å². The minimum absolute atomic E-state index is 0.297. The Kier molecular flexibility index (Phi) is 6.94. The summed E-state index contributed by atoms with van der Waals surface area (Å²) < 4.78 is 5.88. The molecule has 0 radical (unpaired) electrons. The van der Waals surface area contributed by atoms with E-state index < -0.39 is 0 Å². The van der Waals surface area contributed by atoms with Crippen molar-refractivity contribution >= 4 is 0 Å². The molecule has 4 nitrogen and oxygen atoms in total. The fourth-order valence-electron chi connectivity index (χ4n) is 3.97. The van der Waals surface area contributed by atoms with Crippen LogP contribution < -0.4 is 4.74 Å². The van der Waals surface area contributed by atoms with E-state index in [4.69, 9.17) is 4.74 Å². The van der Waals surface area contributed by atoms with Crippen LogP contribution in [0.4, 0.5) is 0 Å². The van der Waals surface area contributed by atoms with Crippen molar-refractivity contribution in [2.45, 2.75) is 51.1 Å². The monoisotopic (exact) mass is 332 g/mol. The molecule has 3 rings (SSSR count). The fourth-order valence-corrected chi connectivity index (χ4v) is 3.97. The molecule has 2 aliphatic rings. The normalized spacial score (nSPS) is 22.8. The maximum Gasteiger partial charge on any atom is 0.119 e. The lowest BCUT2D eigenvalue weighted by Gasteiger charge is -2.35. The Bertz CT molecular complexity index is 469. The van der Waals surface area contributed by atoms with Gasteiger partial charge in [-0.3, -0.25) is 9.80 Å². The first-order valence-corrected chi connectivity index (χ1v) is 9.64. The van der Waals surface area contributed by atoms with Crippen LogP contribution in [0.15, 0.2) is 24.3 Å². The zero-order chi connectivity index (χ0) is 16.6. The maximum atomic E-state index is 9.25. The van der Waals surface area contributed by atoms with Crippen LogP contribution in [0, 0.1) is 0 Å². The van der Waals surface area contributed by atoms with Crippen molar-refractivity contribution in [3.05, 3.63) is 29.8 Å². The van der Waals surface area contributed by atoms with Crippen LogP contribution in [0.1, 0.15) is 44.1 Å². The van der Waals surface area contributed by atoms with E-state index in [0.29, 0.717) is 12.6 Å². The summed E-state index contributed by atoms with van der Waals surface area (Å²) in [7, 11) is 0. The number of piperidine rings is 1. The van der Waals surface area contributed by atoms with Crippen molar-refractivity contribution in [3.63, 3.8) is 0 Å². The molecule has 2 heterocycles. The number of rotatable bonds is 8. The lowest BCUT2D eigenvalue weighted by atomic mass is 9.99. The lowest BCUT2D eigenvalue weighted by Crippen LogP contribution is -2.39. The molecule has 0 bridgehead atoms. The van der Waals surface area contributed by atoms with Crippen molar-refractivity contribution in [3.8, 4) is 5.75 Å². The van der Waals surface area contributed by atoms with Gasteiger partial charge < -0.3 is 9.84 Å². The second kappa shape index (κ2) is 9.40. The zero-order valence-corrected chi connectivity index (χ0v) is 14.8. The molecule has 0 aliphatic carbocycles. The van der Waals surface area contributed by atoms with Gasteiger partial charge in [-0.05, 0) is 69.4 Å². The summed E-state index contributed by atoms with van der Waals surface area (Å²) in [6, 6.07) is 9.13. The molecule has 4 heteroatoms. The van der Waals surface area contributed by atoms with Crippen molar-refractivity contribution in [1.29, 1.82) is 0 Å². The van der Waals surface area contributed by atoms with Crippen LogP contribution >= 0.6 is 0 Å². The summed E-state index contributed by atoms with van der Waals surface area (Å²) in [5, 5.41) is 9.25. The molecule has 1 aromatic carbocycles. The van der Waals surface area contributed by atoms with E-state index in [-0.39, 0.29) is 0 Å². The topological polar surface area (TPSA) is 35.9 Å². The molecular formula is C20H32N2O2. The van der Waals surface area contributed by atoms with Crippen molar-refractivity contribution in [2.24, 2.45) is 0 Å². The third-order valence-electron chi connectivity index (χ3n) is 5.40. The smallest absolute Gasteiger partial charge is 0.119 e. The van der Waals surface area contributed by atoms with Gasteiger partial charge in [0.05, 0.1) is 0 Å². The minimum atomic E-state index is 0.297. The molecule has 0 aromatic heterocycles. The van der Waals surface area contributed by atoms with Gasteiger partial charge in [0.25, 0.3) is 0 Å². The summed E-state index contributed by atoms with van der Waals surface area (Å²) in [6.45, 7) is 6.71. The number of hydrogen-bond acceptors (Lipinski definition) is 4. The highest BCUT2D eigenvalue weighted by Gasteiger charge is 2.21. The van der Waals surface area contributed by atoms with Crippen LogP contribution in [-0.2, 0) is 6.54 Å². The number of ether oxygens (including phenoxy) is 1. The highest BCUT2D eigenvalue weighted by molar-refractivity contribution is 5.27. The van der Waals surface area contributed by atoms with Crippen LogP contribution in [0.3, 0.4) is 0 Å². The number of hydrogen-bond donors (Lipinski definition) is 1. The Morgan fingerprint density at radius 3 is 2.50 bits per heavy atom. The molecule has 0 amide bonds. The number of benzene rings is 1. The van der Waals surface area contributed by atoms with Gasteiger partial charge in [0.15, 0.2) is 0 Å². The van der Waals surface area contributed by atoms with Crippen LogP contribution in [-0.4, -0.2) is 60.3 Å². The number of aliphatic hydroxyl groups excluding tert-OH is 1. The summed E-state index contributed by atoms with van der Waals surface area (Å²) in [5.41, 5.74) is 1.34. The van der Waals surface area contributed by atoms with Crippen LogP contribution in [0.5, 0.6) is 5.75 Å². The first-order valence-electron chi connectivity index (χ1n) is 9.64. The van der Waals surface area contributed by atoms with Gasteiger partial charge >= 0.3 is 0 Å². The summed E-state index contributed by atoms with van der Waals surface area (Å²) in [6.07, 6.45) is 7.37. The van der Waals surface area contributed by atoms with Crippen molar-refractivity contribution in [1.82, 2.24) is 9.80 Å². The Labute approximate surface area is 146 Å². The molecular weight excluding hydrogens is 300 g/mol. The maximum absolute atomic E-state index is 9.25. The molecule has 1 atom stereocenters. The third-order valence-corrected chi connectivity index (χ3v) is 5.40. The molecule has 134 valence electrons. The van der Waals surface area contributed by atoms with Gasteiger partial charge in [-0.15, -0.1) is 0 Å². The van der Waals surface area contributed by atoms with E-state index in [0.717, 1.165) is 38.4 Å². The van der Waals surface area contributed by atoms with Crippen molar-refractivity contribution in [2.75, 3.05) is 39.4 Å². The Morgan fingerprint density at radius 1 is 1.00 bits per heavy atom. The largest absolute Gasteiger partial charge is 0.492 e. The first kappa shape index (κ1) is 17.7. The molecule has 0 saturated carbocycles. The lowest BCUT2D eigenvalue weighted by molar-refractivity contribution is 0.112. The molecule has 1 aromatic rings. The van der Waals surface area contributed by atoms with E-state index in [9.17, 15) is 5.11 Å². The van der Waals surface area contributed by atoms with Gasteiger partial charge in [-0.1, -0.05) is 18.6 Å². The quantitative estimate of drug-likeness (QED) is 0.794. The van der Waals surface area contributed by atoms with E-state index >= 15 is 0 Å². The van der Waals surface area contributed by atoms with Gasteiger partial charge in [-0.2, -0.15) is 0 Å². The van der Waals surface area contributed by atoms with Crippen LogP contribution in [0.25, 0.3) is 0 Å². The molecule has 2 fully saturated rings. The predicted molar refractivity (Wildman–Crippen MR) is 97.4 cm³/mol. The fraction of sp³-hybridized carbons (Fsp3) is 0.700. The Hall–Kier alpha value is -1.10. The van der Waals surface area contributed by atoms with E-state index in [1.54, 1.807) is 0 Å². The first-order chi connectivity index (χ1) is 11.8. The van der Waals surface area contributed by atoms with Gasteiger partial charge in [-0.25, -0.2) is 0 Å². The number of nitrogens with zero attached hydrogens (tertiary/aromatic N) is 2. The molecule has 1 unspecified atom stereocenters. The number of aliphatic hydroxyl groups is 1. The van der Waals surface area contributed by atoms with Gasteiger partial charge in [0.2, 0.25) is 0 Å². The van der Waals surface area contributed by atoms with Crippen LogP contribution in [0.2, 0.25) is 0 Å². The average Bonchev–Trinajstić information content (AvgIpc) is 3.12. The second-order valence-electron chi connectivity index (χ2n) is 7.17. The van der Waals surface area contributed by atoms with Crippen molar-refractivity contribution < 1.29 is 9.84 Å². The average molecular weight is 332 g/mol. The molecule has 0 spiro atoms. The SMILES string of the molecule is OCCC1CCCCN1Cc1ccc(OCCN2CCCC2)cc1. The third kappa shape index (κ3) is 5.20. The molecule has 2 aliphatic heterocycles. The summed E-state index contributed by atoms with van der Waals surface area (Å²) in [4.78, 5) is 5.01. The predicted octanol–water partition coefficient (Wildman–Crippen LogP) is 2.90. The summed E-state index contributed by atoms with van der Waals surface area (Å²) in [5.74, 6) is 0.975. The van der Waals surface area contributed by atoms with E-state index in [1.165, 1.54) is 50.8 Å². The van der Waals surface area contributed by atoms with Gasteiger partial charge in [0, 0.05) is 25.7 Å². The molecule has 1 N–H and O–H groups in total.